The lowest BCUT2D eigenvalue weighted by molar-refractivity contribution is 0.457. The fourth-order valence-corrected chi connectivity index (χ4v) is 2.18. The lowest BCUT2D eigenvalue weighted by Crippen LogP contribution is -2.18. The molecule has 2 aromatic rings. The molecular weight excluding hydrogens is 238 g/mol. The van der Waals surface area contributed by atoms with Crippen molar-refractivity contribution in [1.82, 2.24) is 9.97 Å². The van der Waals surface area contributed by atoms with Crippen molar-refractivity contribution >= 4 is 22.6 Å². The Morgan fingerprint density at radius 3 is 2.53 bits per heavy atom. The van der Waals surface area contributed by atoms with Gasteiger partial charge >= 0.3 is 5.69 Å². The molecule has 0 radical (unpaired) electrons. The molecule has 0 saturated carbocycles. The van der Waals surface area contributed by atoms with Gasteiger partial charge in [0, 0.05) is 11.1 Å². The van der Waals surface area contributed by atoms with Crippen LogP contribution < -0.4 is 11.4 Å². The second-order valence-electron chi connectivity index (χ2n) is 4.41. The molecule has 0 amide bonds. The number of H-pyrrole nitrogens is 2. The van der Waals surface area contributed by atoms with Crippen molar-refractivity contribution in [2.75, 3.05) is 0 Å². The van der Waals surface area contributed by atoms with E-state index in [2.05, 4.69) is 23.8 Å². The number of imidazole rings is 1. The summed E-state index contributed by atoms with van der Waals surface area (Å²) in [5, 5.41) is 0.598. The third kappa shape index (κ3) is 2.23. The third-order valence-corrected chi connectivity index (χ3v) is 3.58. The van der Waals surface area contributed by atoms with Crippen LogP contribution in [0.3, 0.4) is 0 Å². The topological polar surface area (TPSA) is 74.7 Å². The molecule has 92 valence electrons. The molecule has 2 unspecified atom stereocenters. The monoisotopic (exact) mass is 253 g/mol. The molecule has 1 aromatic heterocycles. The first kappa shape index (κ1) is 12.2. The van der Waals surface area contributed by atoms with Gasteiger partial charge in [0.2, 0.25) is 0 Å². The van der Waals surface area contributed by atoms with Crippen LogP contribution in [0.1, 0.15) is 31.9 Å². The SMILES string of the molecule is CCC(C)C(N)c1cc2[nH]c(=O)[nH]c2cc1Cl. The van der Waals surface area contributed by atoms with Crippen molar-refractivity contribution in [2.45, 2.75) is 26.3 Å². The number of fused-ring (bicyclic) bond motifs is 1. The van der Waals surface area contributed by atoms with Crippen molar-refractivity contribution in [3.05, 3.63) is 33.2 Å². The lowest BCUT2D eigenvalue weighted by atomic mass is 9.93. The van der Waals surface area contributed by atoms with Crippen molar-refractivity contribution in [3.8, 4) is 0 Å². The van der Waals surface area contributed by atoms with Crippen LogP contribution in [-0.2, 0) is 0 Å². The van der Waals surface area contributed by atoms with E-state index in [1.165, 1.54) is 0 Å². The lowest BCUT2D eigenvalue weighted by Gasteiger charge is -2.19. The molecule has 17 heavy (non-hydrogen) atoms. The molecule has 0 aliphatic heterocycles. The van der Waals surface area contributed by atoms with E-state index in [1.807, 2.05) is 6.07 Å². The Morgan fingerprint density at radius 1 is 1.35 bits per heavy atom. The van der Waals surface area contributed by atoms with E-state index in [4.69, 9.17) is 17.3 Å². The van der Waals surface area contributed by atoms with E-state index in [0.717, 1.165) is 17.5 Å². The van der Waals surface area contributed by atoms with Crippen LogP contribution in [0.4, 0.5) is 0 Å². The molecule has 1 heterocycles. The average Bonchev–Trinajstić information content (AvgIpc) is 2.65. The summed E-state index contributed by atoms with van der Waals surface area (Å²) in [5.74, 6) is 0.343. The second-order valence-corrected chi connectivity index (χ2v) is 4.82. The highest BCUT2D eigenvalue weighted by molar-refractivity contribution is 6.32. The third-order valence-electron chi connectivity index (χ3n) is 3.25. The molecule has 0 aliphatic rings. The Bertz CT molecular complexity index is 587. The summed E-state index contributed by atoms with van der Waals surface area (Å²) in [5.41, 5.74) is 8.26. The zero-order valence-electron chi connectivity index (χ0n) is 9.88. The number of rotatable bonds is 3. The van der Waals surface area contributed by atoms with Crippen molar-refractivity contribution in [3.63, 3.8) is 0 Å². The van der Waals surface area contributed by atoms with Crippen molar-refractivity contribution < 1.29 is 0 Å². The number of nitrogens with two attached hydrogens (primary N) is 1. The highest BCUT2D eigenvalue weighted by Gasteiger charge is 2.17. The largest absolute Gasteiger partial charge is 0.324 e. The molecular formula is C12H16ClN3O. The zero-order valence-corrected chi connectivity index (χ0v) is 10.6. The Labute approximate surface area is 104 Å². The summed E-state index contributed by atoms with van der Waals surface area (Å²) in [6, 6.07) is 3.48. The normalized spacial score (nSPS) is 15.1. The van der Waals surface area contributed by atoms with E-state index in [9.17, 15) is 4.79 Å². The highest BCUT2D eigenvalue weighted by atomic mass is 35.5. The van der Waals surface area contributed by atoms with Gasteiger partial charge in [0.05, 0.1) is 11.0 Å². The summed E-state index contributed by atoms with van der Waals surface area (Å²) in [7, 11) is 0. The zero-order chi connectivity index (χ0) is 12.6. The van der Waals surface area contributed by atoms with Crippen LogP contribution in [0.5, 0.6) is 0 Å². The quantitative estimate of drug-likeness (QED) is 0.786. The van der Waals surface area contributed by atoms with Gasteiger partial charge in [-0.1, -0.05) is 31.9 Å². The molecule has 2 atom stereocenters. The van der Waals surface area contributed by atoms with Gasteiger partial charge in [0.25, 0.3) is 0 Å². The number of nitrogens with one attached hydrogen (secondary N) is 2. The molecule has 0 fully saturated rings. The summed E-state index contributed by atoms with van der Waals surface area (Å²) in [6.07, 6.45) is 0.985. The maximum absolute atomic E-state index is 11.2. The second kappa shape index (κ2) is 4.55. The Balaban J connectivity index is 2.53. The first-order valence-electron chi connectivity index (χ1n) is 5.70. The van der Waals surface area contributed by atoms with Crippen molar-refractivity contribution in [1.29, 1.82) is 0 Å². The van der Waals surface area contributed by atoms with Gasteiger partial charge in [-0.2, -0.15) is 0 Å². The summed E-state index contributed by atoms with van der Waals surface area (Å²) in [4.78, 5) is 16.6. The van der Waals surface area contributed by atoms with Crippen LogP contribution in [-0.4, -0.2) is 9.97 Å². The van der Waals surface area contributed by atoms with Gasteiger partial charge in [0.1, 0.15) is 0 Å². The van der Waals surface area contributed by atoms with Gasteiger partial charge in [0.15, 0.2) is 0 Å². The van der Waals surface area contributed by atoms with Crippen LogP contribution in [0.25, 0.3) is 11.0 Å². The molecule has 5 heteroatoms. The maximum Gasteiger partial charge on any atom is 0.323 e. The van der Waals surface area contributed by atoms with E-state index in [0.29, 0.717) is 16.5 Å². The Hall–Kier alpha value is -1.26. The Kier molecular flexibility index (Phi) is 3.26. The van der Waals surface area contributed by atoms with E-state index < -0.39 is 0 Å². The fraction of sp³-hybridized carbons (Fsp3) is 0.417. The first-order valence-corrected chi connectivity index (χ1v) is 6.07. The summed E-state index contributed by atoms with van der Waals surface area (Å²) >= 11 is 6.19. The van der Waals surface area contributed by atoms with Crippen molar-refractivity contribution in [2.24, 2.45) is 11.7 Å². The van der Waals surface area contributed by atoms with Gasteiger partial charge in [-0.25, -0.2) is 4.79 Å². The maximum atomic E-state index is 11.2. The smallest absolute Gasteiger partial charge is 0.323 e. The van der Waals surface area contributed by atoms with E-state index in [-0.39, 0.29) is 11.7 Å². The van der Waals surface area contributed by atoms with Crippen LogP contribution in [0.15, 0.2) is 16.9 Å². The molecule has 2 rings (SSSR count). The van der Waals surface area contributed by atoms with Gasteiger partial charge in [-0.3, -0.25) is 0 Å². The molecule has 0 aliphatic carbocycles. The van der Waals surface area contributed by atoms with E-state index in [1.54, 1.807) is 6.07 Å². The molecule has 4 N–H and O–H groups in total. The van der Waals surface area contributed by atoms with Gasteiger partial charge < -0.3 is 15.7 Å². The number of halogens is 1. The number of hydrogen-bond donors (Lipinski definition) is 3. The van der Waals surface area contributed by atoms with Gasteiger partial charge in [-0.15, -0.1) is 0 Å². The minimum atomic E-state index is -0.231. The molecule has 0 spiro atoms. The molecule has 0 saturated heterocycles. The highest BCUT2D eigenvalue weighted by Crippen LogP contribution is 2.30. The predicted molar refractivity (Wildman–Crippen MR) is 70.3 cm³/mol. The summed E-state index contributed by atoms with van der Waals surface area (Å²) in [6.45, 7) is 4.18. The predicted octanol–water partition coefficient (Wildman–Crippen LogP) is 2.56. The molecule has 0 bridgehead atoms. The van der Waals surface area contributed by atoms with E-state index >= 15 is 0 Å². The minimum Gasteiger partial charge on any atom is -0.324 e. The number of aromatic nitrogens is 2. The fourth-order valence-electron chi connectivity index (χ4n) is 1.89. The molecule has 1 aromatic carbocycles. The first-order chi connectivity index (χ1) is 8.02. The van der Waals surface area contributed by atoms with Gasteiger partial charge in [-0.05, 0) is 23.6 Å². The number of aromatic amines is 2. The average molecular weight is 254 g/mol. The number of benzene rings is 1. The van der Waals surface area contributed by atoms with Crippen LogP contribution >= 0.6 is 11.6 Å². The Morgan fingerprint density at radius 2 is 1.94 bits per heavy atom. The van der Waals surface area contributed by atoms with Crippen LogP contribution in [0, 0.1) is 5.92 Å². The number of hydrogen-bond acceptors (Lipinski definition) is 2. The van der Waals surface area contributed by atoms with Crippen LogP contribution in [0.2, 0.25) is 5.02 Å². The molecule has 4 nitrogen and oxygen atoms in total. The standard InChI is InChI=1S/C12H16ClN3O/c1-3-6(2)11(14)7-4-9-10(5-8(7)13)16-12(17)15-9/h4-6,11H,3,14H2,1-2H3,(H2,15,16,17). The summed E-state index contributed by atoms with van der Waals surface area (Å²) < 4.78 is 0. The minimum absolute atomic E-state index is 0.115.